The van der Waals surface area contributed by atoms with Crippen molar-refractivity contribution in [2.45, 2.75) is 13.0 Å². The minimum atomic E-state index is -0.804. The monoisotopic (exact) mass is 256 g/mol. The smallest absolute Gasteiger partial charge is 0.332 e. The molecule has 0 atom stereocenters. The fourth-order valence-corrected chi connectivity index (χ4v) is 2.56. The Morgan fingerprint density at radius 3 is 3.00 bits per heavy atom. The predicted octanol–water partition coefficient (Wildman–Crippen LogP) is 2.38. The number of carbonyl (C=O) groups is 1. The molecule has 98 valence electrons. The predicted molar refractivity (Wildman–Crippen MR) is 73.9 cm³/mol. The van der Waals surface area contributed by atoms with Crippen molar-refractivity contribution in [3.8, 4) is 0 Å². The highest BCUT2D eigenvalue weighted by molar-refractivity contribution is 5.87. The molecule has 0 bridgehead atoms. The summed E-state index contributed by atoms with van der Waals surface area (Å²) in [6.07, 6.45) is 2.63. The van der Waals surface area contributed by atoms with E-state index in [1.165, 1.54) is 5.39 Å². The number of aromatic nitrogens is 1. The van der Waals surface area contributed by atoms with E-state index < -0.39 is 5.97 Å². The topological polar surface area (TPSA) is 56.3 Å². The zero-order chi connectivity index (χ0) is 13.2. The number of hydrogen-bond acceptors (Lipinski definition) is 2. The SMILES string of the molecule is O=C(O)C1=CCCN(Cc2cc3ccccc3[nH]2)C1. The number of rotatable bonds is 3. The first-order valence-corrected chi connectivity index (χ1v) is 6.44. The van der Waals surface area contributed by atoms with Gasteiger partial charge >= 0.3 is 5.97 Å². The number of benzene rings is 1. The lowest BCUT2D eigenvalue weighted by atomic mass is 10.1. The van der Waals surface area contributed by atoms with Crippen molar-refractivity contribution in [1.82, 2.24) is 9.88 Å². The van der Waals surface area contributed by atoms with Gasteiger partial charge in [0.2, 0.25) is 0 Å². The summed E-state index contributed by atoms with van der Waals surface area (Å²) >= 11 is 0. The Balaban J connectivity index is 1.75. The molecule has 2 heterocycles. The maximum atomic E-state index is 11.0. The van der Waals surface area contributed by atoms with E-state index in [2.05, 4.69) is 28.1 Å². The maximum absolute atomic E-state index is 11.0. The average molecular weight is 256 g/mol. The summed E-state index contributed by atoms with van der Waals surface area (Å²) in [5.41, 5.74) is 2.76. The zero-order valence-electron chi connectivity index (χ0n) is 10.6. The van der Waals surface area contributed by atoms with E-state index in [0.717, 1.165) is 30.7 Å². The molecular weight excluding hydrogens is 240 g/mol. The van der Waals surface area contributed by atoms with Crippen LogP contribution in [-0.2, 0) is 11.3 Å². The molecule has 0 saturated heterocycles. The highest BCUT2D eigenvalue weighted by atomic mass is 16.4. The van der Waals surface area contributed by atoms with Crippen LogP contribution in [0.4, 0.5) is 0 Å². The lowest BCUT2D eigenvalue weighted by Crippen LogP contribution is -2.31. The van der Waals surface area contributed by atoms with Crippen molar-refractivity contribution in [2.24, 2.45) is 0 Å². The summed E-state index contributed by atoms with van der Waals surface area (Å²) in [6, 6.07) is 10.3. The number of H-pyrrole nitrogens is 1. The molecule has 2 aromatic rings. The Hall–Kier alpha value is -2.07. The Labute approximate surface area is 111 Å². The van der Waals surface area contributed by atoms with Crippen LogP contribution >= 0.6 is 0 Å². The van der Waals surface area contributed by atoms with E-state index in [1.54, 1.807) is 0 Å². The van der Waals surface area contributed by atoms with Crippen LogP contribution in [0.25, 0.3) is 10.9 Å². The van der Waals surface area contributed by atoms with E-state index in [0.29, 0.717) is 12.1 Å². The van der Waals surface area contributed by atoms with Crippen molar-refractivity contribution in [3.05, 3.63) is 47.7 Å². The summed E-state index contributed by atoms with van der Waals surface area (Å²) in [5.74, 6) is -0.804. The fraction of sp³-hybridized carbons (Fsp3) is 0.267. The normalized spacial score (nSPS) is 16.5. The van der Waals surface area contributed by atoms with Gasteiger partial charge in [-0.25, -0.2) is 4.79 Å². The van der Waals surface area contributed by atoms with Gasteiger partial charge in [-0.1, -0.05) is 24.3 Å². The summed E-state index contributed by atoms with van der Waals surface area (Å²) in [7, 11) is 0. The minimum absolute atomic E-state index is 0.502. The molecule has 0 aliphatic carbocycles. The van der Waals surface area contributed by atoms with Crippen LogP contribution in [0.2, 0.25) is 0 Å². The number of carboxylic acids is 1. The van der Waals surface area contributed by atoms with Gasteiger partial charge in [-0.3, -0.25) is 4.90 Å². The first-order chi connectivity index (χ1) is 9.22. The molecule has 19 heavy (non-hydrogen) atoms. The number of nitrogens with zero attached hydrogens (tertiary/aromatic N) is 1. The molecule has 3 rings (SSSR count). The molecule has 4 heteroatoms. The second kappa shape index (κ2) is 4.90. The van der Waals surface area contributed by atoms with Crippen molar-refractivity contribution in [3.63, 3.8) is 0 Å². The standard InChI is InChI=1S/C15H16N2O2/c18-15(19)12-5-3-7-17(9-12)10-13-8-11-4-1-2-6-14(11)16-13/h1-2,4-6,8,16H,3,7,9-10H2,(H,18,19). The summed E-state index contributed by atoms with van der Waals surface area (Å²) in [5, 5.41) is 10.2. The Bertz CT molecular complexity index is 609. The van der Waals surface area contributed by atoms with Crippen LogP contribution in [0, 0.1) is 0 Å². The number of aliphatic carboxylic acids is 1. The first kappa shape index (κ1) is 12.0. The maximum Gasteiger partial charge on any atom is 0.332 e. The summed E-state index contributed by atoms with van der Waals surface area (Å²) in [6.45, 7) is 2.19. The third-order valence-electron chi connectivity index (χ3n) is 3.48. The van der Waals surface area contributed by atoms with Crippen molar-refractivity contribution in [1.29, 1.82) is 0 Å². The van der Waals surface area contributed by atoms with Crippen molar-refractivity contribution < 1.29 is 9.90 Å². The Morgan fingerprint density at radius 2 is 2.21 bits per heavy atom. The van der Waals surface area contributed by atoms with Gasteiger partial charge in [0.1, 0.15) is 0 Å². The summed E-state index contributed by atoms with van der Waals surface area (Å²) in [4.78, 5) is 16.5. The molecule has 2 N–H and O–H groups in total. The summed E-state index contributed by atoms with van der Waals surface area (Å²) < 4.78 is 0. The second-order valence-corrected chi connectivity index (χ2v) is 4.92. The Morgan fingerprint density at radius 1 is 1.37 bits per heavy atom. The molecule has 4 nitrogen and oxygen atoms in total. The van der Waals surface area contributed by atoms with Gasteiger partial charge in [-0.05, 0) is 23.9 Å². The molecule has 1 aliphatic rings. The molecule has 1 aromatic carbocycles. The van der Waals surface area contributed by atoms with E-state index in [-0.39, 0.29) is 0 Å². The molecule has 0 unspecified atom stereocenters. The van der Waals surface area contributed by atoms with E-state index in [4.69, 9.17) is 5.11 Å². The van der Waals surface area contributed by atoms with E-state index >= 15 is 0 Å². The van der Waals surface area contributed by atoms with Crippen LogP contribution in [0.5, 0.6) is 0 Å². The van der Waals surface area contributed by atoms with Crippen LogP contribution in [0.3, 0.4) is 0 Å². The number of hydrogen-bond donors (Lipinski definition) is 2. The van der Waals surface area contributed by atoms with Crippen LogP contribution in [0.15, 0.2) is 42.0 Å². The second-order valence-electron chi connectivity index (χ2n) is 4.92. The van der Waals surface area contributed by atoms with Crippen molar-refractivity contribution >= 4 is 16.9 Å². The Kier molecular flexibility index (Phi) is 3.09. The number of carboxylic acid groups (broad SMARTS) is 1. The molecule has 0 fully saturated rings. The van der Waals surface area contributed by atoms with Gasteiger partial charge in [0.05, 0.1) is 0 Å². The molecular formula is C15H16N2O2. The van der Waals surface area contributed by atoms with Crippen LogP contribution in [-0.4, -0.2) is 34.0 Å². The quantitative estimate of drug-likeness (QED) is 0.886. The molecule has 0 saturated carbocycles. The third-order valence-corrected chi connectivity index (χ3v) is 3.48. The number of aromatic amines is 1. The third kappa shape index (κ3) is 2.53. The molecule has 0 spiro atoms. The van der Waals surface area contributed by atoms with E-state index in [9.17, 15) is 4.79 Å². The van der Waals surface area contributed by atoms with Gasteiger partial charge in [0.15, 0.2) is 0 Å². The van der Waals surface area contributed by atoms with Gasteiger partial charge < -0.3 is 10.1 Å². The lowest BCUT2D eigenvalue weighted by Gasteiger charge is -2.25. The minimum Gasteiger partial charge on any atom is -0.478 e. The average Bonchev–Trinajstić information content (AvgIpc) is 2.81. The highest BCUT2D eigenvalue weighted by Crippen LogP contribution is 2.18. The molecule has 0 radical (unpaired) electrons. The molecule has 1 aromatic heterocycles. The highest BCUT2D eigenvalue weighted by Gasteiger charge is 2.17. The first-order valence-electron chi connectivity index (χ1n) is 6.44. The van der Waals surface area contributed by atoms with Gasteiger partial charge in [0.25, 0.3) is 0 Å². The van der Waals surface area contributed by atoms with Gasteiger partial charge in [-0.15, -0.1) is 0 Å². The number of fused-ring (bicyclic) bond motifs is 1. The van der Waals surface area contributed by atoms with E-state index in [1.807, 2.05) is 18.2 Å². The van der Waals surface area contributed by atoms with Crippen molar-refractivity contribution in [2.75, 3.05) is 13.1 Å². The lowest BCUT2D eigenvalue weighted by molar-refractivity contribution is -0.133. The van der Waals surface area contributed by atoms with Gasteiger partial charge in [0, 0.05) is 36.4 Å². The van der Waals surface area contributed by atoms with Crippen LogP contribution in [0.1, 0.15) is 12.1 Å². The molecule has 0 amide bonds. The number of nitrogens with one attached hydrogen (secondary N) is 1. The zero-order valence-corrected chi connectivity index (χ0v) is 10.6. The largest absolute Gasteiger partial charge is 0.478 e. The number of para-hydroxylation sites is 1. The molecule has 1 aliphatic heterocycles. The fourth-order valence-electron chi connectivity index (χ4n) is 2.56. The van der Waals surface area contributed by atoms with Gasteiger partial charge in [-0.2, -0.15) is 0 Å². The van der Waals surface area contributed by atoms with Crippen LogP contribution < -0.4 is 0 Å².